The molecule has 0 aliphatic heterocycles. The molecule has 2 heterocycles. The Morgan fingerprint density at radius 2 is 1.83 bits per heavy atom. The van der Waals surface area contributed by atoms with Gasteiger partial charge in [0.15, 0.2) is 0 Å². The number of carbonyl (C=O) groups excluding carboxylic acids is 2. The maximum atomic E-state index is 14.2. The number of hydrogen-bond acceptors (Lipinski definition) is 4. The van der Waals surface area contributed by atoms with Gasteiger partial charge in [-0.2, -0.15) is 5.10 Å². The van der Waals surface area contributed by atoms with E-state index in [0.29, 0.717) is 40.8 Å². The second-order valence-corrected chi connectivity index (χ2v) is 10.6. The van der Waals surface area contributed by atoms with Gasteiger partial charge in [-0.1, -0.05) is 12.1 Å². The zero-order chi connectivity index (χ0) is 29.7. The van der Waals surface area contributed by atoms with Crippen LogP contribution in [0.15, 0.2) is 54.7 Å². The molecule has 2 aromatic heterocycles. The van der Waals surface area contributed by atoms with Crippen LogP contribution in [0.1, 0.15) is 63.4 Å². The van der Waals surface area contributed by atoms with Crippen molar-refractivity contribution in [1.82, 2.24) is 20.1 Å². The third kappa shape index (κ3) is 5.24. The van der Waals surface area contributed by atoms with Crippen molar-refractivity contribution < 1.29 is 31.5 Å². The highest BCUT2D eigenvalue weighted by atomic mass is 19.3. The molecule has 2 unspecified atom stereocenters. The molecule has 1 fully saturated rings. The zero-order valence-corrected chi connectivity index (χ0v) is 22.0. The van der Waals surface area contributed by atoms with E-state index in [1.54, 1.807) is 12.1 Å². The van der Waals surface area contributed by atoms with Gasteiger partial charge in [-0.25, -0.2) is 22.0 Å². The Morgan fingerprint density at radius 1 is 1.07 bits per heavy atom. The molecular weight excluding hydrogens is 557 g/mol. The van der Waals surface area contributed by atoms with E-state index in [-0.39, 0.29) is 34.9 Å². The minimum absolute atomic E-state index is 0.130. The van der Waals surface area contributed by atoms with E-state index in [0.717, 1.165) is 29.3 Å². The number of pyridine rings is 1. The number of amides is 2. The van der Waals surface area contributed by atoms with E-state index in [1.165, 1.54) is 18.3 Å². The van der Waals surface area contributed by atoms with E-state index in [4.69, 9.17) is 5.73 Å². The molecular formula is C30H24F5N5O2. The SMILES string of the molecule is NC(=O)c1cc(-c2cccnc2[C@H](Cc2cc(F)cc(F)c2)NC(=O)Cn2nc3c(c2C(F)F)CC2CC32)ccc1F. The Labute approximate surface area is 236 Å². The number of fused-ring (bicyclic) bond motifs is 3. The van der Waals surface area contributed by atoms with Gasteiger partial charge in [0.1, 0.15) is 29.7 Å². The number of aromatic nitrogens is 3. The van der Waals surface area contributed by atoms with Crippen LogP contribution in [0.5, 0.6) is 0 Å². The predicted molar refractivity (Wildman–Crippen MR) is 141 cm³/mol. The number of benzene rings is 2. The summed E-state index contributed by atoms with van der Waals surface area (Å²) < 4.78 is 71.4. The average molecular weight is 582 g/mol. The van der Waals surface area contributed by atoms with Crippen molar-refractivity contribution in [2.24, 2.45) is 11.7 Å². The molecule has 2 amide bonds. The van der Waals surface area contributed by atoms with Crippen molar-refractivity contribution in [3.63, 3.8) is 0 Å². The number of hydrogen-bond donors (Lipinski definition) is 2. The number of carbonyl (C=O) groups is 2. The predicted octanol–water partition coefficient (Wildman–Crippen LogP) is 5.16. The van der Waals surface area contributed by atoms with Crippen LogP contribution >= 0.6 is 0 Å². The van der Waals surface area contributed by atoms with Crippen LogP contribution in [0.25, 0.3) is 11.1 Å². The molecule has 2 aliphatic rings. The summed E-state index contributed by atoms with van der Waals surface area (Å²) in [7, 11) is 0. The molecule has 3 atom stereocenters. The van der Waals surface area contributed by atoms with Gasteiger partial charge in [-0.05, 0) is 66.6 Å². The summed E-state index contributed by atoms with van der Waals surface area (Å²) in [6.45, 7) is -0.511. The lowest BCUT2D eigenvalue weighted by molar-refractivity contribution is -0.122. The fourth-order valence-electron chi connectivity index (χ4n) is 5.85. The van der Waals surface area contributed by atoms with E-state index in [2.05, 4.69) is 15.4 Å². The standard InChI is InChI=1S/C30H24F5N5O2/c31-17-6-14(7-18(32)12-17)8-24(27-19(2-1-5-37-27)15-3-4-23(33)21(9-15)30(36)42)38-25(41)13-40-28(29(34)35)22-11-16-10-20(16)26(22)39-40/h1-7,9,12,16,20,24,29H,8,10-11,13H2,(H2,36,42)(H,38,41)/t16?,20?,24-/m0/s1. The summed E-state index contributed by atoms with van der Waals surface area (Å²) in [6, 6.07) is 8.80. The highest BCUT2D eigenvalue weighted by Crippen LogP contribution is 2.57. The number of nitrogens with one attached hydrogen (secondary N) is 1. The maximum Gasteiger partial charge on any atom is 0.280 e. The number of rotatable bonds is 9. The first-order valence-electron chi connectivity index (χ1n) is 13.3. The highest BCUT2D eigenvalue weighted by molar-refractivity contribution is 5.94. The van der Waals surface area contributed by atoms with Crippen LogP contribution in [0.3, 0.4) is 0 Å². The smallest absolute Gasteiger partial charge is 0.280 e. The van der Waals surface area contributed by atoms with Crippen LogP contribution < -0.4 is 11.1 Å². The normalized spacial score (nSPS) is 17.6. The second-order valence-electron chi connectivity index (χ2n) is 10.6. The zero-order valence-electron chi connectivity index (χ0n) is 22.0. The second kappa shape index (κ2) is 10.7. The molecule has 0 bridgehead atoms. The molecule has 3 N–H and O–H groups in total. The van der Waals surface area contributed by atoms with Crippen LogP contribution in [-0.2, 0) is 24.2 Å². The summed E-state index contributed by atoms with van der Waals surface area (Å²) in [5.41, 5.74) is 6.94. The topological polar surface area (TPSA) is 103 Å². The monoisotopic (exact) mass is 581 g/mol. The fraction of sp³-hybridized carbons (Fsp3) is 0.267. The Bertz CT molecular complexity index is 1700. The van der Waals surface area contributed by atoms with Crippen LogP contribution in [0, 0.1) is 23.4 Å². The van der Waals surface area contributed by atoms with Crippen LogP contribution in [0.4, 0.5) is 22.0 Å². The minimum atomic E-state index is -2.82. The van der Waals surface area contributed by atoms with Crippen molar-refractivity contribution in [2.75, 3.05) is 0 Å². The van der Waals surface area contributed by atoms with E-state index in [1.807, 2.05) is 0 Å². The molecule has 0 spiro atoms. The van der Waals surface area contributed by atoms with Gasteiger partial charge in [0, 0.05) is 29.3 Å². The fourth-order valence-corrected chi connectivity index (χ4v) is 5.85. The van der Waals surface area contributed by atoms with E-state index in [9.17, 15) is 31.5 Å². The average Bonchev–Trinajstić information content (AvgIpc) is 3.47. The van der Waals surface area contributed by atoms with Gasteiger partial charge < -0.3 is 11.1 Å². The Hall–Kier alpha value is -4.61. The number of nitrogens with two attached hydrogens (primary N) is 1. The molecule has 2 aliphatic carbocycles. The van der Waals surface area contributed by atoms with Gasteiger partial charge in [0.2, 0.25) is 5.91 Å². The molecule has 7 nitrogen and oxygen atoms in total. The third-order valence-corrected chi connectivity index (χ3v) is 7.77. The van der Waals surface area contributed by atoms with Gasteiger partial charge in [0.25, 0.3) is 12.3 Å². The van der Waals surface area contributed by atoms with Crippen molar-refractivity contribution in [3.05, 3.63) is 106 Å². The largest absolute Gasteiger partial charge is 0.366 e. The molecule has 2 aromatic carbocycles. The molecule has 42 heavy (non-hydrogen) atoms. The molecule has 0 radical (unpaired) electrons. The molecule has 216 valence electrons. The Kier molecular flexibility index (Phi) is 6.99. The van der Waals surface area contributed by atoms with Crippen molar-refractivity contribution >= 4 is 11.8 Å². The first-order chi connectivity index (χ1) is 20.1. The number of nitrogens with zero attached hydrogens (tertiary/aromatic N) is 3. The lowest BCUT2D eigenvalue weighted by atomic mass is 9.94. The van der Waals surface area contributed by atoms with Crippen molar-refractivity contribution in [2.45, 2.75) is 44.2 Å². The van der Waals surface area contributed by atoms with Crippen LogP contribution in [-0.4, -0.2) is 26.6 Å². The summed E-state index contributed by atoms with van der Waals surface area (Å²) >= 11 is 0. The number of alkyl halides is 2. The highest BCUT2D eigenvalue weighted by Gasteiger charge is 2.49. The first kappa shape index (κ1) is 27.6. The van der Waals surface area contributed by atoms with Crippen molar-refractivity contribution in [3.8, 4) is 11.1 Å². The molecule has 1 saturated carbocycles. The number of halogens is 5. The van der Waals surface area contributed by atoms with Gasteiger partial charge in [-0.15, -0.1) is 0 Å². The van der Waals surface area contributed by atoms with Crippen LogP contribution in [0.2, 0.25) is 0 Å². The lowest BCUT2D eigenvalue weighted by Crippen LogP contribution is -2.34. The molecule has 6 rings (SSSR count). The summed E-state index contributed by atoms with van der Waals surface area (Å²) in [5.74, 6) is -3.66. The van der Waals surface area contributed by atoms with E-state index < -0.39 is 48.3 Å². The van der Waals surface area contributed by atoms with Gasteiger partial charge in [-0.3, -0.25) is 19.3 Å². The maximum absolute atomic E-state index is 14.2. The van der Waals surface area contributed by atoms with Crippen molar-refractivity contribution in [1.29, 1.82) is 0 Å². The van der Waals surface area contributed by atoms with Gasteiger partial charge >= 0.3 is 0 Å². The minimum Gasteiger partial charge on any atom is -0.366 e. The van der Waals surface area contributed by atoms with Gasteiger partial charge in [0.05, 0.1) is 23.0 Å². The Morgan fingerprint density at radius 3 is 2.55 bits per heavy atom. The van der Waals surface area contributed by atoms with E-state index >= 15 is 0 Å². The molecule has 4 aromatic rings. The Balaban J connectivity index is 1.36. The third-order valence-electron chi connectivity index (χ3n) is 7.77. The molecule has 12 heteroatoms. The summed E-state index contributed by atoms with van der Waals surface area (Å²) in [6.07, 6.45) is -0.110. The lowest BCUT2D eigenvalue weighted by Gasteiger charge is -2.22. The number of primary amides is 1. The molecule has 0 saturated heterocycles. The summed E-state index contributed by atoms with van der Waals surface area (Å²) in [4.78, 5) is 29.5. The first-order valence-corrected chi connectivity index (χ1v) is 13.3. The summed E-state index contributed by atoms with van der Waals surface area (Å²) in [5, 5.41) is 7.11. The quantitative estimate of drug-likeness (QED) is 0.267.